The fourth-order valence-corrected chi connectivity index (χ4v) is 4.33. The van der Waals surface area contributed by atoms with Gasteiger partial charge in [-0.25, -0.2) is 4.79 Å². The third-order valence-corrected chi connectivity index (χ3v) is 6.79. The number of hydrogen-bond acceptors (Lipinski definition) is 8. The quantitative estimate of drug-likeness (QED) is 0.105. The first-order valence-corrected chi connectivity index (χ1v) is 14.6. The molecule has 230 valence electrons. The number of nitrogens with zero attached hydrogens (tertiary/aromatic N) is 2. The van der Waals surface area contributed by atoms with Crippen molar-refractivity contribution in [3.63, 3.8) is 0 Å². The number of hydrogen-bond donors (Lipinski definition) is 0. The third kappa shape index (κ3) is 10.4. The van der Waals surface area contributed by atoms with E-state index in [0.717, 1.165) is 22.3 Å². The minimum absolute atomic E-state index is 0.185. The van der Waals surface area contributed by atoms with Crippen molar-refractivity contribution in [3.8, 4) is 5.75 Å². The first-order chi connectivity index (χ1) is 21.5. The summed E-state index contributed by atoms with van der Waals surface area (Å²) in [5, 5.41) is 0. The summed E-state index contributed by atoms with van der Waals surface area (Å²) >= 11 is 0. The van der Waals surface area contributed by atoms with Crippen LogP contribution < -0.4 is 4.74 Å². The molecule has 0 bridgehead atoms. The van der Waals surface area contributed by atoms with Gasteiger partial charge in [0, 0.05) is 30.6 Å². The van der Waals surface area contributed by atoms with Gasteiger partial charge in [0.25, 0.3) is 0 Å². The molecule has 3 aromatic carbocycles. The van der Waals surface area contributed by atoms with Gasteiger partial charge in [0.15, 0.2) is 0 Å². The van der Waals surface area contributed by atoms with E-state index in [1.807, 2.05) is 97.9 Å². The number of aliphatic imine (C=N–C) groups is 1. The summed E-state index contributed by atoms with van der Waals surface area (Å²) in [6.07, 6.45) is 3.08. The Morgan fingerprint density at radius 2 is 1.41 bits per heavy atom. The van der Waals surface area contributed by atoms with E-state index in [0.29, 0.717) is 36.8 Å². The maximum atomic E-state index is 12.7. The van der Waals surface area contributed by atoms with Gasteiger partial charge in [0.1, 0.15) is 31.1 Å². The molecule has 0 fully saturated rings. The largest absolute Gasteiger partial charge is 0.488 e. The predicted molar refractivity (Wildman–Crippen MR) is 170 cm³/mol. The van der Waals surface area contributed by atoms with Crippen LogP contribution in [0.4, 0.5) is 0 Å². The fraction of sp³-hybridized carbons (Fsp3) is 0.306. The van der Waals surface area contributed by atoms with E-state index in [2.05, 4.69) is 9.98 Å². The van der Waals surface area contributed by atoms with E-state index in [1.165, 1.54) is 0 Å². The molecule has 0 saturated carbocycles. The molecule has 0 radical (unpaired) electrons. The SMILES string of the molecule is COC[C@@H](COc1c(C)ncc(COCc2ccccc2)c1C=NC(C)C(=O)OCc1ccccc1)OCc1ccccc1. The Bertz CT molecular complexity index is 1450. The lowest BCUT2D eigenvalue weighted by Crippen LogP contribution is -2.27. The molecule has 2 atom stereocenters. The number of aryl methyl sites for hydroxylation is 1. The zero-order chi connectivity index (χ0) is 31.0. The van der Waals surface area contributed by atoms with Crippen LogP contribution in [-0.4, -0.2) is 49.6 Å². The first-order valence-electron chi connectivity index (χ1n) is 14.6. The molecule has 4 rings (SSSR count). The van der Waals surface area contributed by atoms with Crippen LogP contribution in [0, 0.1) is 6.92 Å². The van der Waals surface area contributed by atoms with Crippen molar-refractivity contribution in [2.45, 2.75) is 52.4 Å². The van der Waals surface area contributed by atoms with E-state index in [4.69, 9.17) is 23.7 Å². The second-order valence-electron chi connectivity index (χ2n) is 10.3. The summed E-state index contributed by atoms with van der Waals surface area (Å²) in [6.45, 7) is 5.49. The average molecular weight is 597 g/mol. The molecule has 8 heteroatoms. The molecule has 0 aliphatic heterocycles. The molecule has 0 N–H and O–H groups in total. The average Bonchev–Trinajstić information content (AvgIpc) is 3.06. The summed E-state index contributed by atoms with van der Waals surface area (Å²) in [7, 11) is 1.63. The number of ether oxygens (including phenoxy) is 5. The van der Waals surface area contributed by atoms with E-state index < -0.39 is 12.0 Å². The Hall–Kier alpha value is -4.37. The Balaban J connectivity index is 1.49. The topological polar surface area (TPSA) is 88.5 Å². The molecule has 4 aromatic rings. The maximum absolute atomic E-state index is 12.7. The van der Waals surface area contributed by atoms with Crippen molar-refractivity contribution in [2.24, 2.45) is 4.99 Å². The standard InChI is InChI=1S/C36H40N2O6/c1-27-35(43-26-33(25-40-3)42-22-30-15-9-5-10-16-30)34(32(19-37-27)24-41-21-29-13-7-4-8-14-29)20-38-28(2)36(39)44-23-31-17-11-6-12-18-31/h4-20,28,33H,21-26H2,1-3H3/t28?,33-/m0/s1. The van der Waals surface area contributed by atoms with Gasteiger partial charge in [-0.05, 0) is 30.5 Å². The lowest BCUT2D eigenvalue weighted by molar-refractivity contribution is -0.145. The summed E-state index contributed by atoms with van der Waals surface area (Å²) in [5.74, 6) is 0.124. The van der Waals surface area contributed by atoms with Gasteiger partial charge in [-0.3, -0.25) is 9.98 Å². The summed E-state index contributed by atoms with van der Waals surface area (Å²) in [4.78, 5) is 21.9. The summed E-state index contributed by atoms with van der Waals surface area (Å²) < 4.78 is 29.4. The molecular formula is C36H40N2O6. The van der Waals surface area contributed by atoms with E-state index in [1.54, 1.807) is 26.4 Å². The van der Waals surface area contributed by atoms with Crippen LogP contribution in [-0.2, 0) is 50.2 Å². The highest BCUT2D eigenvalue weighted by atomic mass is 16.6. The lowest BCUT2D eigenvalue weighted by atomic mass is 10.1. The first kappa shape index (κ1) is 32.5. The predicted octanol–water partition coefficient (Wildman–Crippen LogP) is 6.27. The van der Waals surface area contributed by atoms with Gasteiger partial charge in [0.05, 0.1) is 32.1 Å². The normalized spacial score (nSPS) is 12.6. The Morgan fingerprint density at radius 1 is 0.818 bits per heavy atom. The molecule has 1 aromatic heterocycles. The summed E-state index contributed by atoms with van der Waals surface area (Å²) in [6, 6.07) is 28.7. The van der Waals surface area contributed by atoms with Crippen LogP contribution in [0.2, 0.25) is 0 Å². The van der Waals surface area contributed by atoms with Crippen LogP contribution >= 0.6 is 0 Å². The molecule has 1 unspecified atom stereocenters. The highest BCUT2D eigenvalue weighted by Crippen LogP contribution is 2.26. The third-order valence-electron chi connectivity index (χ3n) is 6.79. The maximum Gasteiger partial charge on any atom is 0.330 e. The Morgan fingerprint density at radius 3 is 2.02 bits per heavy atom. The number of benzene rings is 3. The molecule has 1 heterocycles. The van der Waals surface area contributed by atoms with Crippen molar-refractivity contribution < 1.29 is 28.5 Å². The number of aromatic nitrogens is 1. The van der Waals surface area contributed by atoms with Gasteiger partial charge >= 0.3 is 5.97 Å². The summed E-state index contributed by atoms with van der Waals surface area (Å²) in [5.41, 5.74) is 5.18. The van der Waals surface area contributed by atoms with Crippen molar-refractivity contribution in [3.05, 3.63) is 131 Å². The Labute approximate surface area is 259 Å². The number of carbonyl (C=O) groups is 1. The van der Waals surface area contributed by atoms with Crippen LogP contribution in [0.3, 0.4) is 0 Å². The van der Waals surface area contributed by atoms with Crippen molar-refractivity contribution in [1.82, 2.24) is 4.98 Å². The van der Waals surface area contributed by atoms with E-state index >= 15 is 0 Å². The van der Waals surface area contributed by atoms with Gasteiger partial charge in [0.2, 0.25) is 0 Å². The smallest absolute Gasteiger partial charge is 0.330 e. The monoisotopic (exact) mass is 596 g/mol. The number of methoxy groups -OCH3 is 1. The zero-order valence-corrected chi connectivity index (χ0v) is 25.6. The Kier molecular flexibility index (Phi) is 13.1. The molecule has 0 aliphatic rings. The van der Waals surface area contributed by atoms with Gasteiger partial charge in [-0.15, -0.1) is 0 Å². The number of pyridine rings is 1. The minimum atomic E-state index is -0.728. The molecule has 0 spiro atoms. The van der Waals surface area contributed by atoms with E-state index in [9.17, 15) is 4.79 Å². The molecular weight excluding hydrogens is 556 g/mol. The minimum Gasteiger partial charge on any atom is -0.488 e. The van der Waals surface area contributed by atoms with Crippen LogP contribution in [0.15, 0.2) is 102 Å². The number of esters is 1. The molecule has 0 aliphatic carbocycles. The highest BCUT2D eigenvalue weighted by molar-refractivity contribution is 5.88. The molecule has 0 saturated heterocycles. The van der Waals surface area contributed by atoms with Crippen molar-refractivity contribution in [1.29, 1.82) is 0 Å². The van der Waals surface area contributed by atoms with Crippen LogP contribution in [0.5, 0.6) is 5.75 Å². The van der Waals surface area contributed by atoms with Crippen LogP contribution in [0.1, 0.15) is 40.4 Å². The number of carbonyl (C=O) groups excluding carboxylic acids is 1. The van der Waals surface area contributed by atoms with Gasteiger partial charge in [-0.1, -0.05) is 91.0 Å². The second kappa shape index (κ2) is 17.7. The van der Waals surface area contributed by atoms with Crippen molar-refractivity contribution >= 4 is 12.2 Å². The van der Waals surface area contributed by atoms with E-state index in [-0.39, 0.29) is 25.9 Å². The molecule has 0 amide bonds. The molecule has 44 heavy (non-hydrogen) atoms. The molecule has 8 nitrogen and oxygen atoms in total. The van der Waals surface area contributed by atoms with Crippen LogP contribution in [0.25, 0.3) is 0 Å². The second-order valence-corrected chi connectivity index (χ2v) is 10.3. The lowest BCUT2D eigenvalue weighted by Gasteiger charge is -2.20. The van der Waals surface area contributed by atoms with Gasteiger partial charge in [-0.2, -0.15) is 0 Å². The van der Waals surface area contributed by atoms with Crippen molar-refractivity contribution in [2.75, 3.05) is 20.3 Å². The highest BCUT2D eigenvalue weighted by Gasteiger charge is 2.19. The zero-order valence-electron chi connectivity index (χ0n) is 25.6. The van der Waals surface area contributed by atoms with Gasteiger partial charge < -0.3 is 23.7 Å². The number of rotatable bonds is 17. The fourth-order valence-electron chi connectivity index (χ4n) is 4.33.